The van der Waals surface area contributed by atoms with Crippen LogP contribution in [-0.2, 0) is 27.3 Å². The lowest BCUT2D eigenvalue weighted by Gasteiger charge is -2.30. The van der Waals surface area contributed by atoms with Crippen molar-refractivity contribution < 1.29 is 21.8 Å². The number of carbonyl (C=O) groups is 1. The number of rotatable bonds is 8. The maximum absolute atomic E-state index is 14.0. The number of hydrogen-bond acceptors (Lipinski definition) is 7. The van der Waals surface area contributed by atoms with Crippen LogP contribution in [0.2, 0.25) is 5.02 Å². The summed E-state index contributed by atoms with van der Waals surface area (Å²) in [4.78, 5) is 23.5. The minimum Gasteiger partial charge on any atom is -0.352 e. The van der Waals surface area contributed by atoms with E-state index in [-0.39, 0.29) is 36.7 Å². The van der Waals surface area contributed by atoms with Crippen LogP contribution in [0.5, 0.6) is 0 Å². The van der Waals surface area contributed by atoms with Crippen LogP contribution in [0.15, 0.2) is 24.4 Å². The van der Waals surface area contributed by atoms with Gasteiger partial charge in [-0.25, -0.2) is 19.2 Å². The molecule has 2 amide bonds. The summed E-state index contributed by atoms with van der Waals surface area (Å²) in [5, 5.41) is 5.96. The molecule has 1 aromatic carbocycles. The van der Waals surface area contributed by atoms with Crippen molar-refractivity contribution >= 4 is 33.7 Å². The number of carbonyl (C=O) groups excluding carboxylic acids is 1. The normalized spacial score (nSPS) is 14.7. The van der Waals surface area contributed by atoms with Crippen LogP contribution in [-0.4, -0.2) is 54.8 Å². The quantitative estimate of drug-likeness (QED) is 0.536. The number of amides is 2. The van der Waals surface area contributed by atoms with Gasteiger partial charge in [0.2, 0.25) is 5.95 Å². The summed E-state index contributed by atoms with van der Waals surface area (Å²) >= 11 is 5.78. The monoisotopic (exact) mass is 499 g/mol. The van der Waals surface area contributed by atoms with Crippen LogP contribution in [0.25, 0.3) is 0 Å². The molecular weight excluding hydrogens is 473 g/mol. The Labute approximate surface area is 197 Å². The van der Waals surface area contributed by atoms with Crippen LogP contribution >= 0.6 is 11.6 Å². The third-order valence-electron chi connectivity index (χ3n) is 5.00. The third-order valence-corrected chi connectivity index (χ3v) is 5.90. The predicted molar refractivity (Wildman–Crippen MR) is 123 cm³/mol. The fourth-order valence-corrected chi connectivity index (χ4v) is 3.93. The summed E-state index contributed by atoms with van der Waals surface area (Å²) < 4.78 is 41.5. The van der Waals surface area contributed by atoms with Gasteiger partial charge in [0.15, 0.2) is 0 Å². The fourth-order valence-electron chi connectivity index (χ4n) is 3.41. The Morgan fingerprint density at radius 2 is 2.12 bits per heavy atom. The van der Waals surface area contributed by atoms with Gasteiger partial charge >= 0.3 is 6.03 Å². The van der Waals surface area contributed by atoms with E-state index >= 15 is 0 Å². The van der Waals surface area contributed by atoms with Gasteiger partial charge < -0.3 is 15.5 Å². The van der Waals surface area contributed by atoms with E-state index in [4.69, 9.17) is 15.8 Å². The molecule has 1 aromatic heterocycles. The highest BCUT2D eigenvalue weighted by Crippen LogP contribution is 2.24. The second kappa shape index (κ2) is 10.6. The second-order valence-corrected chi connectivity index (χ2v) is 10.2. The van der Waals surface area contributed by atoms with Crippen molar-refractivity contribution in [3.63, 3.8) is 0 Å². The van der Waals surface area contributed by atoms with Gasteiger partial charge in [-0.15, -0.1) is 0 Å². The first-order chi connectivity index (χ1) is 15.5. The van der Waals surface area contributed by atoms with Gasteiger partial charge in [-0.2, -0.15) is 8.42 Å². The maximum Gasteiger partial charge on any atom is 0.318 e. The predicted octanol–water partition coefficient (Wildman–Crippen LogP) is 3.26. The van der Waals surface area contributed by atoms with E-state index in [1.807, 2.05) is 13.8 Å². The first-order valence-corrected chi connectivity index (χ1v) is 12.7. The smallest absolute Gasteiger partial charge is 0.318 e. The molecule has 3 rings (SSSR count). The molecule has 0 spiro atoms. The van der Waals surface area contributed by atoms with Crippen LogP contribution in [0.1, 0.15) is 43.1 Å². The molecule has 180 valence electrons. The number of hydrogen-bond donors (Lipinski definition) is 2. The number of nitrogens with one attached hydrogen (secondary N) is 2. The number of nitrogens with zero attached hydrogens (tertiary/aromatic N) is 3. The second-order valence-electron chi connectivity index (χ2n) is 8.13. The van der Waals surface area contributed by atoms with Crippen molar-refractivity contribution in [2.45, 2.75) is 45.3 Å². The van der Waals surface area contributed by atoms with E-state index < -0.39 is 22.0 Å². The molecule has 0 saturated carbocycles. The van der Waals surface area contributed by atoms with E-state index in [0.29, 0.717) is 24.5 Å². The van der Waals surface area contributed by atoms with Gasteiger partial charge in [0.25, 0.3) is 10.1 Å². The molecule has 1 unspecified atom stereocenters. The van der Waals surface area contributed by atoms with E-state index in [0.717, 1.165) is 17.5 Å². The van der Waals surface area contributed by atoms with Crippen molar-refractivity contribution in [3.8, 4) is 0 Å². The average molecular weight is 500 g/mol. The molecule has 33 heavy (non-hydrogen) atoms. The molecule has 0 radical (unpaired) electrons. The number of urea groups is 1. The van der Waals surface area contributed by atoms with Gasteiger partial charge in [0, 0.05) is 18.8 Å². The number of halogens is 2. The molecule has 2 heterocycles. The zero-order valence-corrected chi connectivity index (χ0v) is 20.2. The lowest BCUT2D eigenvalue weighted by molar-refractivity contribution is 0.184. The molecule has 0 bridgehead atoms. The molecular formula is C21H27ClFN5O4S. The molecule has 0 saturated heterocycles. The Hall–Kier alpha value is -2.50. The SMILES string of the molecule is CC(C)Nc1ncc2c(n1)CN(C(=O)NC(CCOS(C)(=O)=O)c1ccc(Cl)c(F)c1)CC2. The van der Waals surface area contributed by atoms with Gasteiger partial charge in [-0.1, -0.05) is 17.7 Å². The minimum atomic E-state index is -3.65. The van der Waals surface area contributed by atoms with Crippen LogP contribution in [0.3, 0.4) is 0 Å². The molecule has 0 fully saturated rings. The van der Waals surface area contributed by atoms with Crippen molar-refractivity contribution in [1.29, 1.82) is 0 Å². The molecule has 9 nitrogen and oxygen atoms in total. The maximum atomic E-state index is 14.0. The first-order valence-electron chi connectivity index (χ1n) is 10.5. The Kier molecular flexibility index (Phi) is 8.09. The van der Waals surface area contributed by atoms with Gasteiger partial charge in [0.05, 0.1) is 36.2 Å². The zero-order valence-electron chi connectivity index (χ0n) is 18.6. The lowest BCUT2D eigenvalue weighted by atomic mass is 10.0. The van der Waals surface area contributed by atoms with Crippen LogP contribution in [0, 0.1) is 5.82 Å². The van der Waals surface area contributed by atoms with E-state index in [1.54, 1.807) is 17.2 Å². The van der Waals surface area contributed by atoms with Gasteiger partial charge in [-0.05, 0) is 49.9 Å². The Morgan fingerprint density at radius 1 is 1.36 bits per heavy atom. The zero-order chi connectivity index (χ0) is 24.2. The first kappa shape index (κ1) is 25.1. The third kappa shape index (κ3) is 7.24. The van der Waals surface area contributed by atoms with Gasteiger partial charge in [-0.3, -0.25) is 4.18 Å². The Balaban J connectivity index is 1.73. The van der Waals surface area contributed by atoms with Crippen molar-refractivity contribution in [2.75, 3.05) is 24.7 Å². The van der Waals surface area contributed by atoms with Crippen molar-refractivity contribution in [1.82, 2.24) is 20.2 Å². The summed E-state index contributed by atoms with van der Waals surface area (Å²) in [5.41, 5.74) is 2.18. The summed E-state index contributed by atoms with van der Waals surface area (Å²) in [7, 11) is -3.65. The molecule has 2 N–H and O–H groups in total. The molecule has 12 heteroatoms. The van der Waals surface area contributed by atoms with E-state index in [2.05, 4.69) is 20.6 Å². The average Bonchev–Trinajstić information content (AvgIpc) is 2.73. The summed E-state index contributed by atoms with van der Waals surface area (Å²) in [6, 6.07) is 3.30. The van der Waals surface area contributed by atoms with E-state index in [9.17, 15) is 17.6 Å². The fraction of sp³-hybridized carbons (Fsp3) is 0.476. The molecule has 1 aliphatic heterocycles. The number of fused-ring (bicyclic) bond motifs is 1. The van der Waals surface area contributed by atoms with Crippen molar-refractivity contribution in [2.24, 2.45) is 0 Å². The standard InChI is InChI=1S/C21H27ClFN5O4S/c1-13(2)25-20-24-11-15-6-8-28(12-19(15)26-20)21(29)27-18(7-9-32-33(3,30)31)14-4-5-16(22)17(23)10-14/h4-5,10-11,13,18H,6-9,12H2,1-3H3,(H,27,29)(H,24,25,26). The Morgan fingerprint density at radius 3 is 2.79 bits per heavy atom. The minimum absolute atomic E-state index is 0.0469. The summed E-state index contributed by atoms with van der Waals surface area (Å²) in [6.45, 7) is 4.54. The van der Waals surface area contributed by atoms with Crippen molar-refractivity contribution in [3.05, 3.63) is 52.1 Å². The summed E-state index contributed by atoms with van der Waals surface area (Å²) in [6.07, 6.45) is 3.43. The number of anilines is 1. The Bertz CT molecular complexity index is 1120. The summed E-state index contributed by atoms with van der Waals surface area (Å²) in [5.74, 6) is -0.135. The molecule has 2 aromatic rings. The number of benzene rings is 1. The highest BCUT2D eigenvalue weighted by Gasteiger charge is 2.25. The highest BCUT2D eigenvalue weighted by molar-refractivity contribution is 7.85. The molecule has 1 aliphatic rings. The molecule has 0 aliphatic carbocycles. The lowest BCUT2D eigenvalue weighted by Crippen LogP contribution is -2.44. The van der Waals surface area contributed by atoms with E-state index in [1.165, 1.54) is 12.1 Å². The number of aromatic nitrogens is 2. The topological polar surface area (TPSA) is 114 Å². The largest absolute Gasteiger partial charge is 0.352 e. The molecule has 1 atom stereocenters. The van der Waals surface area contributed by atoms with Gasteiger partial charge in [0.1, 0.15) is 5.82 Å². The van der Waals surface area contributed by atoms with Crippen LogP contribution in [0.4, 0.5) is 15.1 Å². The van der Waals surface area contributed by atoms with Crippen LogP contribution < -0.4 is 10.6 Å². The highest BCUT2D eigenvalue weighted by atomic mass is 35.5.